The summed E-state index contributed by atoms with van der Waals surface area (Å²) in [5, 5.41) is 5.38. The fourth-order valence-corrected chi connectivity index (χ4v) is 5.33. The summed E-state index contributed by atoms with van der Waals surface area (Å²) in [6, 6.07) is 9.33. The summed E-state index contributed by atoms with van der Waals surface area (Å²) in [7, 11) is 1.31. The van der Waals surface area contributed by atoms with Crippen LogP contribution >= 0.6 is 0 Å². The summed E-state index contributed by atoms with van der Waals surface area (Å²) in [6.07, 6.45) is 6.64. The lowest BCUT2D eigenvalue weighted by atomic mass is 9.85. The van der Waals surface area contributed by atoms with Crippen LogP contribution in [0, 0.1) is 37.5 Å². The van der Waals surface area contributed by atoms with Crippen LogP contribution in [0.2, 0.25) is 0 Å². The quantitative estimate of drug-likeness (QED) is 0.294. The van der Waals surface area contributed by atoms with E-state index in [2.05, 4.69) is 26.6 Å². The van der Waals surface area contributed by atoms with Crippen LogP contribution < -0.4 is 4.74 Å². The van der Waals surface area contributed by atoms with Gasteiger partial charge in [-0.15, -0.1) is 0 Å². The van der Waals surface area contributed by atoms with Gasteiger partial charge in [-0.2, -0.15) is 10.1 Å². The molecule has 1 saturated carbocycles. The Bertz CT molecular complexity index is 1160. The molecule has 2 amide bonds. The third-order valence-electron chi connectivity index (χ3n) is 6.91. The van der Waals surface area contributed by atoms with E-state index in [1.54, 1.807) is 18.3 Å². The lowest BCUT2D eigenvalue weighted by molar-refractivity contribution is -0.143. The third-order valence-corrected chi connectivity index (χ3v) is 6.91. The first-order valence-electron chi connectivity index (χ1n) is 11.0. The summed E-state index contributed by atoms with van der Waals surface area (Å²) in [6.45, 7) is 3.79. The largest absolute Gasteiger partial charge is 0.482 e. The maximum absolute atomic E-state index is 12.8. The highest BCUT2D eigenvalue weighted by Gasteiger charge is 2.59. The summed E-state index contributed by atoms with van der Waals surface area (Å²) in [5.41, 5.74) is 3.66. The molecule has 1 aromatic heterocycles. The van der Waals surface area contributed by atoms with Crippen molar-refractivity contribution in [3.05, 3.63) is 59.4 Å². The maximum Gasteiger partial charge on any atom is 0.343 e. The Hall–Kier alpha value is -3.68. The Balaban J connectivity index is 1.33. The number of benzene rings is 1. The van der Waals surface area contributed by atoms with Crippen LogP contribution in [-0.4, -0.2) is 47.3 Å². The molecule has 0 N–H and O–H groups in total. The zero-order valence-electron chi connectivity index (χ0n) is 18.7. The second-order valence-corrected chi connectivity index (χ2v) is 8.75. The summed E-state index contributed by atoms with van der Waals surface area (Å²) in [4.78, 5) is 36.9. The predicted molar refractivity (Wildman–Crippen MR) is 120 cm³/mol. The fraction of sp³-hybridized carbons (Fsp3) is 0.360. The van der Waals surface area contributed by atoms with E-state index in [-0.39, 0.29) is 42.1 Å². The van der Waals surface area contributed by atoms with Gasteiger partial charge in [0.15, 0.2) is 6.61 Å². The first-order valence-corrected chi connectivity index (χ1v) is 11.0. The normalized spacial score (nSPS) is 25.4. The Labute approximate surface area is 191 Å². The second kappa shape index (κ2) is 8.03. The predicted octanol–water partition coefficient (Wildman–Crippen LogP) is 2.79. The van der Waals surface area contributed by atoms with Crippen molar-refractivity contribution < 1.29 is 23.9 Å². The number of hydrogen-bond acceptors (Lipinski definition) is 6. The molecule has 170 valence electrons. The highest BCUT2D eigenvalue weighted by molar-refractivity contribution is 6.06. The molecule has 2 aliphatic carbocycles. The van der Waals surface area contributed by atoms with Crippen molar-refractivity contribution in [2.24, 2.45) is 28.8 Å². The van der Waals surface area contributed by atoms with Gasteiger partial charge in [0.1, 0.15) is 5.75 Å². The van der Waals surface area contributed by atoms with E-state index in [9.17, 15) is 14.4 Å². The number of nitrogens with zero attached hydrogens (tertiary/aromatic N) is 3. The third kappa shape index (κ3) is 3.46. The van der Waals surface area contributed by atoms with E-state index >= 15 is 0 Å². The molecular formula is C25H25N3O5. The summed E-state index contributed by atoms with van der Waals surface area (Å²) < 4.78 is 12.0. The van der Waals surface area contributed by atoms with E-state index in [1.165, 1.54) is 7.11 Å². The van der Waals surface area contributed by atoms with Crippen LogP contribution in [0.3, 0.4) is 0 Å². The molecule has 2 bridgehead atoms. The van der Waals surface area contributed by atoms with Crippen molar-refractivity contribution in [2.45, 2.75) is 20.3 Å². The van der Waals surface area contributed by atoms with E-state index < -0.39 is 5.97 Å². The molecule has 2 fully saturated rings. The molecule has 1 aliphatic heterocycles. The SMILES string of the molecule is COC(=O)COc1ccc(-n2c(C)cc(C=NN3C(=O)[C@@H]4[C@H](C3=O)[C@H]3C=C[C@H]4C3)c2C)cc1. The number of fused-ring (bicyclic) bond motifs is 5. The smallest absolute Gasteiger partial charge is 0.343 e. The van der Waals surface area contributed by atoms with E-state index in [0.717, 1.165) is 34.1 Å². The van der Waals surface area contributed by atoms with Crippen LogP contribution in [0.5, 0.6) is 5.75 Å². The molecule has 5 rings (SSSR count). The lowest BCUT2D eigenvalue weighted by Crippen LogP contribution is -2.28. The highest BCUT2D eigenvalue weighted by Crippen LogP contribution is 2.52. The zero-order chi connectivity index (χ0) is 23.3. The van der Waals surface area contributed by atoms with Gasteiger partial charge in [-0.3, -0.25) is 9.59 Å². The number of carbonyl (C=O) groups is 3. The standard InChI is InChI=1S/C25H25N3O5/c1-14-10-18(12-26-28-24(30)22-16-4-5-17(11-16)23(22)25(28)31)15(2)27(14)19-6-8-20(9-7-19)33-13-21(29)32-3/h4-10,12,16-17,22-23H,11,13H2,1-3H3/t16-,17-,22-,23+/m0/s1. The van der Waals surface area contributed by atoms with Gasteiger partial charge in [-0.25, -0.2) is 4.79 Å². The summed E-state index contributed by atoms with van der Waals surface area (Å²) >= 11 is 0. The Morgan fingerprint density at radius 3 is 2.33 bits per heavy atom. The molecule has 0 radical (unpaired) electrons. The van der Waals surface area contributed by atoms with Crippen molar-refractivity contribution in [3.8, 4) is 11.4 Å². The van der Waals surface area contributed by atoms with Crippen molar-refractivity contribution in [3.63, 3.8) is 0 Å². The van der Waals surface area contributed by atoms with E-state index in [0.29, 0.717) is 5.75 Å². The van der Waals surface area contributed by atoms with Gasteiger partial charge in [0.05, 0.1) is 25.2 Å². The summed E-state index contributed by atoms with van der Waals surface area (Å²) in [5.74, 6) is -0.420. The van der Waals surface area contributed by atoms with Crippen molar-refractivity contribution >= 4 is 24.0 Å². The minimum absolute atomic E-state index is 0.148. The van der Waals surface area contributed by atoms with Gasteiger partial charge >= 0.3 is 5.97 Å². The molecular weight excluding hydrogens is 422 g/mol. The Morgan fingerprint density at radius 1 is 1.09 bits per heavy atom. The second-order valence-electron chi connectivity index (χ2n) is 8.75. The molecule has 8 heteroatoms. The number of hydrogen-bond donors (Lipinski definition) is 0. The average Bonchev–Trinajstić information content (AvgIpc) is 3.55. The number of hydrazone groups is 1. The highest BCUT2D eigenvalue weighted by atomic mass is 16.6. The number of esters is 1. The van der Waals surface area contributed by atoms with Gasteiger partial charge in [-0.1, -0.05) is 12.2 Å². The van der Waals surface area contributed by atoms with Crippen molar-refractivity contribution in [2.75, 3.05) is 13.7 Å². The first-order chi connectivity index (χ1) is 15.9. The first kappa shape index (κ1) is 21.2. The van der Waals surface area contributed by atoms with Crippen LogP contribution in [0.15, 0.2) is 47.6 Å². The number of rotatable bonds is 6. The molecule has 4 atom stereocenters. The van der Waals surface area contributed by atoms with Crippen molar-refractivity contribution in [1.29, 1.82) is 0 Å². The molecule has 2 aromatic rings. The minimum Gasteiger partial charge on any atom is -0.482 e. The van der Waals surface area contributed by atoms with E-state index in [4.69, 9.17) is 4.74 Å². The topological polar surface area (TPSA) is 90.2 Å². The monoisotopic (exact) mass is 447 g/mol. The molecule has 3 aliphatic rings. The molecule has 2 heterocycles. The maximum atomic E-state index is 12.8. The van der Waals surface area contributed by atoms with Gasteiger partial charge in [0.25, 0.3) is 11.8 Å². The number of aromatic nitrogens is 1. The van der Waals surface area contributed by atoms with Crippen LogP contribution in [-0.2, 0) is 19.1 Å². The fourth-order valence-electron chi connectivity index (χ4n) is 5.33. The lowest BCUT2D eigenvalue weighted by Gasteiger charge is -2.13. The average molecular weight is 447 g/mol. The molecule has 1 aromatic carbocycles. The molecule has 33 heavy (non-hydrogen) atoms. The number of carbonyl (C=O) groups excluding carboxylic acids is 3. The minimum atomic E-state index is -0.442. The zero-order valence-corrected chi connectivity index (χ0v) is 18.7. The number of imide groups is 1. The van der Waals surface area contributed by atoms with Crippen LogP contribution in [0.1, 0.15) is 23.4 Å². The molecule has 8 nitrogen and oxygen atoms in total. The van der Waals surface area contributed by atoms with Crippen LogP contribution in [0.25, 0.3) is 5.69 Å². The number of aryl methyl sites for hydroxylation is 1. The molecule has 1 saturated heterocycles. The number of methoxy groups -OCH3 is 1. The number of ether oxygens (including phenoxy) is 2. The van der Waals surface area contributed by atoms with Gasteiger partial charge in [0.2, 0.25) is 0 Å². The van der Waals surface area contributed by atoms with Crippen molar-refractivity contribution in [1.82, 2.24) is 9.58 Å². The number of amides is 2. The molecule has 0 unspecified atom stereocenters. The Kier molecular flexibility index (Phi) is 5.15. The van der Waals surface area contributed by atoms with E-state index in [1.807, 2.05) is 32.0 Å². The Morgan fingerprint density at radius 2 is 1.73 bits per heavy atom. The van der Waals surface area contributed by atoms with Crippen LogP contribution in [0.4, 0.5) is 0 Å². The number of allylic oxidation sites excluding steroid dienone is 2. The van der Waals surface area contributed by atoms with Gasteiger partial charge < -0.3 is 14.0 Å². The van der Waals surface area contributed by atoms with Gasteiger partial charge in [0, 0.05) is 22.6 Å². The van der Waals surface area contributed by atoms with Gasteiger partial charge in [-0.05, 0) is 62.4 Å². The molecule has 0 spiro atoms.